The third-order valence-electron chi connectivity index (χ3n) is 5.42. The summed E-state index contributed by atoms with van der Waals surface area (Å²) in [5.41, 5.74) is 7.76. The van der Waals surface area contributed by atoms with Crippen LogP contribution in [0.2, 0.25) is 0 Å². The highest BCUT2D eigenvalue weighted by atomic mass is 16.5. The first-order chi connectivity index (χ1) is 12.6. The van der Waals surface area contributed by atoms with Gasteiger partial charge in [-0.15, -0.1) is 0 Å². The topological polar surface area (TPSA) is 81.2 Å². The van der Waals surface area contributed by atoms with E-state index in [-0.39, 0.29) is 5.91 Å². The van der Waals surface area contributed by atoms with E-state index < -0.39 is 0 Å². The number of H-pyrrole nitrogens is 1. The normalized spacial score (nSPS) is 17.6. The quantitative estimate of drug-likeness (QED) is 0.526. The van der Waals surface area contributed by atoms with Crippen LogP contribution in [0.1, 0.15) is 53.4 Å². The zero-order chi connectivity index (χ0) is 18.5. The Balaban J connectivity index is 1.60. The summed E-state index contributed by atoms with van der Waals surface area (Å²) in [7, 11) is 0. The van der Waals surface area contributed by atoms with Gasteiger partial charge in [-0.05, 0) is 62.8 Å². The molecule has 0 bridgehead atoms. The fourth-order valence-corrected chi connectivity index (χ4v) is 3.89. The number of rotatable bonds is 7. The van der Waals surface area contributed by atoms with Crippen molar-refractivity contribution >= 4 is 5.91 Å². The Morgan fingerprint density at radius 3 is 2.73 bits per heavy atom. The maximum Gasteiger partial charge on any atom is 0.243 e. The zero-order valence-electron chi connectivity index (χ0n) is 15.6. The lowest BCUT2D eigenvalue weighted by molar-refractivity contribution is -0.129. The van der Waals surface area contributed by atoms with E-state index in [0.717, 1.165) is 30.8 Å². The molecule has 140 valence electrons. The van der Waals surface area contributed by atoms with Crippen molar-refractivity contribution in [3.05, 3.63) is 52.3 Å². The van der Waals surface area contributed by atoms with Crippen molar-refractivity contribution in [2.24, 2.45) is 0 Å². The van der Waals surface area contributed by atoms with Crippen LogP contribution in [0, 0.1) is 13.8 Å². The van der Waals surface area contributed by atoms with E-state index in [0.29, 0.717) is 18.9 Å². The van der Waals surface area contributed by atoms with Crippen molar-refractivity contribution in [3.63, 3.8) is 0 Å². The minimum Gasteiger partial charge on any atom is -0.296 e. The largest absolute Gasteiger partial charge is 0.296 e. The number of aryl methyl sites for hydroxylation is 3. The summed E-state index contributed by atoms with van der Waals surface area (Å²) in [4.78, 5) is 13.7. The predicted molar refractivity (Wildman–Crippen MR) is 100 cm³/mol. The van der Waals surface area contributed by atoms with Gasteiger partial charge in [0.15, 0.2) is 0 Å². The van der Waals surface area contributed by atoms with Crippen molar-refractivity contribution in [3.8, 4) is 0 Å². The number of nitrogens with zero attached hydrogens (tertiary/aromatic N) is 2. The highest BCUT2D eigenvalue weighted by molar-refractivity contribution is 5.74. The second kappa shape index (κ2) is 8.47. The number of hydroxylamine groups is 1. The molecule has 1 saturated heterocycles. The second-order valence-corrected chi connectivity index (χ2v) is 7.13. The van der Waals surface area contributed by atoms with Crippen LogP contribution in [-0.2, 0) is 17.6 Å². The highest BCUT2D eigenvalue weighted by Gasteiger charge is 2.26. The molecule has 1 atom stereocenters. The van der Waals surface area contributed by atoms with Crippen LogP contribution < -0.4 is 5.48 Å². The number of amides is 1. The van der Waals surface area contributed by atoms with Gasteiger partial charge in [-0.25, -0.2) is 5.48 Å². The van der Waals surface area contributed by atoms with Gasteiger partial charge >= 0.3 is 0 Å². The summed E-state index contributed by atoms with van der Waals surface area (Å²) in [6, 6.07) is 9.03. The summed E-state index contributed by atoms with van der Waals surface area (Å²) in [5.74, 6) is -0.346. The van der Waals surface area contributed by atoms with Crippen LogP contribution in [0.25, 0.3) is 0 Å². The molecule has 1 aliphatic rings. The van der Waals surface area contributed by atoms with Crippen molar-refractivity contribution in [1.82, 2.24) is 20.6 Å². The van der Waals surface area contributed by atoms with Crippen LogP contribution in [-0.4, -0.2) is 39.3 Å². The van der Waals surface area contributed by atoms with Gasteiger partial charge in [0, 0.05) is 24.7 Å². The predicted octanol–water partition coefficient (Wildman–Crippen LogP) is 2.84. The van der Waals surface area contributed by atoms with E-state index in [1.807, 2.05) is 0 Å². The van der Waals surface area contributed by atoms with Crippen molar-refractivity contribution in [2.45, 2.75) is 52.0 Å². The average Bonchev–Trinajstić information content (AvgIpc) is 3.25. The molecule has 1 aliphatic heterocycles. The minimum absolute atomic E-state index is 0.300. The van der Waals surface area contributed by atoms with E-state index in [1.165, 1.54) is 29.7 Å². The first-order valence-corrected chi connectivity index (χ1v) is 9.34. The first kappa shape index (κ1) is 18.6. The summed E-state index contributed by atoms with van der Waals surface area (Å²) >= 11 is 0. The van der Waals surface area contributed by atoms with E-state index in [4.69, 9.17) is 5.21 Å². The third kappa shape index (κ3) is 4.31. The molecule has 3 N–H and O–H groups in total. The molecule has 2 heterocycles. The number of aromatic amines is 1. The SMILES string of the molecule is Cc1n[nH]c(C)c1CCN1CCC[C@@H]1c1ccc(CCC(=O)NO)cc1. The van der Waals surface area contributed by atoms with Crippen molar-refractivity contribution < 1.29 is 10.0 Å². The van der Waals surface area contributed by atoms with Gasteiger partial charge in [0.05, 0.1) is 5.69 Å². The standard InChI is InChI=1S/C20H28N4O2/c1-14-18(15(2)22-21-14)11-13-24-12-3-4-19(24)17-8-5-16(6-9-17)7-10-20(25)23-26/h5-6,8-9,19,26H,3-4,7,10-13H2,1-2H3,(H,21,22)(H,23,25)/t19-/m1/s1. The summed E-state index contributed by atoms with van der Waals surface area (Å²) in [6.07, 6.45) is 4.38. The summed E-state index contributed by atoms with van der Waals surface area (Å²) < 4.78 is 0. The van der Waals surface area contributed by atoms with Gasteiger partial charge in [0.1, 0.15) is 0 Å². The van der Waals surface area contributed by atoms with Crippen LogP contribution in [0.3, 0.4) is 0 Å². The fourth-order valence-electron chi connectivity index (χ4n) is 3.89. The van der Waals surface area contributed by atoms with Crippen LogP contribution in [0.4, 0.5) is 0 Å². The zero-order valence-corrected chi connectivity index (χ0v) is 15.6. The summed E-state index contributed by atoms with van der Waals surface area (Å²) in [5, 5.41) is 15.9. The summed E-state index contributed by atoms with van der Waals surface area (Å²) in [6.45, 7) is 6.34. The molecule has 1 aromatic carbocycles. The Kier molecular flexibility index (Phi) is 6.06. The lowest BCUT2D eigenvalue weighted by Crippen LogP contribution is -2.26. The second-order valence-electron chi connectivity index (χ2n) is 7.13. The molecule has 1 aromatic heterocycles. The fraction of sp³-hybridized carbons (Fsp3) is 0.500. The van der Waals surface area contributed by atoms with Crippen LogP contribution in [0.15, 0.2) is 24.3 Å². The minimum atomic E-state index is -0.346. The number of benzene rings is 1. The Morgan fingerprint density at radius 2 is 2.08 bits per heavy atom. The lowest BCUT2D eigenvalue weighted by Gasteiger charge is -2.25. The van der Waals surface area contributed by atoms with Gasteiger partial charge in [0.2, 0.25) is 5.91 Å². The Hall–Kier alpha value is -2.18. The number of hydrogen-bond acceptors (Lipinski definition) is 4. The molecule has 0 unspecified atom stereocenters. The first-order valence-electron chi connectivity index (χ1n) is 9.34. The lowest BCUT2D eigenvalue weighted by atomic mass is 10.0. The molecule has 0 radical (unpaired) electrons. The molecular weight excluding hydrogens is 328 g/mol. The van der Waals surface area contributed by atoms with Crippen LogP contribution >= 0.6 is 0 Å². The number of likely N-dealkylation sites (tertiary alicyclic amines) is 1. The maximum atomic E-state index is 11.1. The van der Waals surface area contributed by atoms with Crippen molar-refractivity contribution in [1.29, 1.82) is 0 Å². The Morgan fingerprint density at radius 1 is 1.31 bits per heavy atom. The van der Waals surface area contributed by atoms with Gasteiger partial charge in [-0.3, -0.25) is 20.0 Å². The van der Waals surface area contributed by atoms with E-state index >= 15 is 0 Å². The number of carbonyl (C=O) groups excluding carboxylic acids is 1. The molecule has 6 nitrogen and oxygen atoms in total. The molecule has 1 fully saturated rings. The van der Waals surface area contributed by atoms with Gasteiger partial charge in [-0.1, -0.05) is 24.3 Å². The van der Waals surface area contributed by atoms with Gasteiger partial charge in [0.25, 0.3) is 0 Å². The molecule has 0 aliphatic carbocycles. The molecule has 3 rings (SSSR count). The Labute approximate surface area is 154 Å². The molecule has 1 amide bonds. The van der Waals surface area contributed by atoms with Gasteiger partial charge in [-0.2, -0.15) is 5.10 Å². The third-order valence-corrected chi connectivity index (χ3v) is 5.42. The average molecular weight is 356 g/mol. The molecular formula is C20H28N4O2. The molecule has 2 aromatic rings. The number of hydrogen-bond donors (Lipinski definition) is 3. The maximum absolute atomic E-state index is 11.1. The highest BCUT2D eigenvalue weighted by Crippen LogP contribution is 2.32. The molecule has 0 spiro atoms. The smallest absolute Gasteiger partial charge is 0.243 e. The molecule has 0 saturated carbocycles. The van der Waals surface area contributed by atoms with Crippen LogP contribution in [0.5, 0.6) is 0 Å². The van der Waals surface area contributed by atoms with E-state index in [1.54, 1.807) is 5.48 Å². The Bertz CT molecular complexity index is 719. The van der Waals surface area contributed by atoms with E-state index in [2.05, 4.69) is 53.2 Å². The number of nitrogens with one attached hydrogen (secondary N) is 2. The number of carbonyl (C=O) groups is 1. The monoisotopic (exact) mass is 356 g/mol. The number of aromatic nitrogens is 2. The molecule has 6 heteroatoms. The van der Waals surface area contributed by atoms with Gasteiger partial charge < -0.3 is 0 Å². The van der Waals surface area contributed by atoms with Crippen molar-refractivity contribution in [2.75, 3.05) is 13.1 Å². The molecule has 26 heavy (non-hydrogen) atoms. The van der Waals surface area contributed by atoms with E-state index in [9.17, 15) is 4.79 Å².